The van der Waals surface area contributed by atoms with Crippen molar-refractivity contribution >= 4 is 22.5 Å². The van der Waals surface area contributed by atoms with E-state index in [9.17, 15) is 18.4 Å². The summed E-state index contributed by atoms with van der Waals surface area (Å²) in [7, 11) is 0. The Morgan fingerprint density at radius 2 is 1.67 bits per heavy atom. The highest BCUT2D eigenvalue weighted by Crippen LogP contribution is 2.18. The zero-order valence-electron chi connectivity index (χ0n) is 17.3. The van der Waals surface area contributed by atoms with Gasteiger partial charge in [0, 0.05) is 12.1 Å². The molecule has 0 saturated heterocycles. The molecular formula is C25H18F2N4O2. The standard InChI is InChI=1S/C25H18F2N4O2/c26-19-7-4-16(5-8-19)15-30-23-13-18(24(32)28-14-17-2-1-3-20(27)12-17)6-9-21(23)31-22(25(30)33)10-11-29-31/h1-13H,14-15H2,(H,28,32). The highest BCUT2D eigenvalue weighted by molar-refractivity contribution is 5.97. The largest absolute Gasteiger partial charge is 0.348 e. The van der Waals surface area contributed by atoms with Gasteiger partial charge in [0.1, 0.15) is 17.2 Å². The molecule has 0 atom stereocenters. The third kappa shape index (κ3) is 3.98. The van der Waals surface area contributed by atoms with Crippen molar-refractivity contribution in [2.24, 2.45) is 0 Å². The second-order valence-electron chi connectivity index (χ2n) is 7.66. The van der Waals surface area contributed by atoms with Gasteiger partial charge in [0.05, 0.1) is 23.8 Å². The summed E-state index contributed by atoms with van der Waals surface area (Å²) in [5, 5.41) is 7.02. The zero-order chi connectivity index (χ0) is 22.9. The molecular weight excluding hydrogens is 426 g/mol. The van der Waals surface area contributed by atoms with Crippen LogP contribution in [0.4, 0.5) is 8.78 Å². The van der Waals surface area contributed by atoms with Crippen LogP contribution < -0.4 is 10.9 Å². The fourth-order valence-corrected chi connectivity index (χ4v) is 3.83. The van der Waals surface area contributed by atoms with E-state index in [1.54, 1.807) is 53.1 Å². The maximum atomic E-state index is 13.4. The number of nitrogens with zero attached hydrogens (tertiary/aromatic N) is 3. The number of hydrogen-bond donors (Lipinski definition) is 1. The van der Waals surface area contributed by atoms with Gasteiger partial charge in [-0.3, -0.25) is 9.59 Å². The van der Waals surface area contributed by atoms with Crippen LogP contribution in [0, 0.1) is 11.6 Å². The third-order valence-electron chi connectivity index (χ3n) is 5.46. The highest BCUT2D eigenvalue weighted by Gasteiger charge is 2.15. The second kappa shape index (κ2) is 8.31. The van der Waals surface area contributed by atoms with E-state index in [1.807, 2.05) is 0 Å². The molecule has 33 heavy (non-hydrogen) atoms. The van der Waals surface area contributed by atoms with Crippen molar-refractivity contribution in [3.63, 3.8) is 0 Å². The summed E-state index contributed by atoms with van der Waals surface area (Å²) in [6.45, 7) is 0.362. The maximum absolute atomic E-state index is 13.4. The number of aromatic nitrogens is 3. The smallest absolute Gasteiger partial charge is 0.277 e. The predicted octanol–water partition coefficient (Wildman–Crippen LogP) is 3.91. The number of nitrogens with one attached hydrogen (secondary N) is 1. The van der Waals surface area contributed by atoms with Crippen LogP contribution in [-0.4, -0.2) is 20.1 Å². The topological polar surface area (TPSA) is 68.4 Å². The lowest BCUT2D eigenvalue weighted by Gasteiger charge is -2.14. The van der Waals surface area contributed by atoms with Crippen LogP contribution in [0.5, 0.6) is 0 Å². The summed E-state index contributed by atoms with van der Waals surface area (Å²) < 4.78 is 29.8. The minimum atomic E-state index is -0.375. The second-order valence-corrected chi connectivity index (χ2v) is 7.66. The molecule has 1 N–H and O–H groups in total. The molecule has 0 aliphatic rings. The number of benzene rings is 3. The molecule has 0 saturated carbocycles. The van der Waals surface area contributed by atoms with Crippen LogP contribution in [0.15, 0.2) is 83.8 Å². The molecule has 0 unspecified atom stereocenters. The number of halogens is 2. The van der Waals surface area contributed by atoms with E-state index in [-0.39, 0.29) is 36.2 Å². The molecule has 0 aliphatic heterocycles. The highest BCUT2D eigenvalue weighted by atomic mass is 19.1. The fraction of sp³-hybridized carbons (Fsp3) is 0.0800. The van der Waals surface area contributed by atoms with Gasteiger partial charge in [0.2, 0.25) is 0 Å². The Kier molecular flexibility index (Phi) is 5.18. The van der Waals surface area contributed by atoms with Crippen molar-refractivity contribution in [1.82, 2.24) is 19.5 Å². The number of rotatable bonds is 5. The molecule has 0 spiro atoms. The summed E-state index contributed by atoms with van der Waals surface area (Å²) in [5.74, 6) is -1.09. The number of carbonyl (C=O) groups excluding carboxylic acids is 1. The molecule has 2 aromatic heterocycles. The summed E-state index contributed by atoms with van der Waals surface area (Å²) in [6, 6.07) is 18.5. The van der Waals surface area contributed by atoms with E-state index < -0.39 is 0 Å². The Morgan fingerprint density at radius 1 is 0.848 bits per heavy atom. The van der Waals surface area contributed by atoms with E-state index in [2.05, 4.69) is 10.4 Å². The number of hydrogen-bond acceptors (Lipinski definition) is 3. The van der Waals surface area contributed by atoms with Crippen molar-refractivity contribution in [2.45, 2.75) is 13.1 Å². The van der Waals surface area contributed by atoms with Crippen molar-refractivity contribution in [1.29, 1.82) is 0 Å². The quantitative estimate of drug-likeness (QED) is 0.447. The minimum Gasteiger partial charge on any atom is -0.348 e. The Bertz CT molecular complexity index is 1560. The molecule has 8 heteroatoms. The van der Waals surface area contributed by atoms with Crippen LogP contribution in [0.1, 0.15) is 21.5 Å². The first kappa shape index (κ1) is 20.6. The van der Waals surface area contributed by atoms with Gasteiger partial charge >= 0.3 is 0 Å². The number of fused-ring (bicyclic) bond motifs is 3. The lowest BCUT2D eigenvalue weighted by Crippen LogP contribution is -2.25. The molecule has 5 aromatic rings. The lowest BCUT2D eigenvalue weighted by atomic mass is 10.1. The Hall–Kier alpha value is -4.33. The summed E-state index contributed by atoms with van der Waals surface area (Å²) in [5.41, 5.74) is 3.00. The molecule has 0 radical (unpaired) electrons. The van der Waals surface area contributed by atoms with Crippen LogP contribution >= 0.6 is 0 Å². The first-order chi connectivity index (χ1) is 16.0. The summed E-state index contributed by atoms with van der Waals surface area (Å²) in [4.78, 5) is 26.0. The van der Waals surface area contributed by atoms with Crippen LogP contribution in [-0.2, 0) is 13.1 Å². The molecule has 3 aromatic carbocycles. The summed E-state index contributed by atoms with van der Waals surface area (Å²) in [6.07, 6.45) is 1.54. The minimum absolute atomic E-state index is 0.162. The van der Waals surface area contributed by atoms with Gasteiger partial charge in [-0.25, -0.2) is 13.3 Å². The van der Waals surface area contributed by atoms with E-state index in [1.165, 1.54) is 35.0 Å². The van der Waals surface area contributed by atoms with E-state index in [0.717, 1.165) is 5.56 Å². The molecule has 5 rings (SSSR count). The van der Waals surface area contributed by atoms with Crippen LogP contribution in [0.25, 0.3) is 16.6 Å². The third-order valence-corrected chi connectivity index (χ3v) is 5.46. The van der Waals surface area contributed by atoms with Crippen molar-refractivity contribution in [2.75, 3.05) is 0 Å². The lowest BCUT2D eigenvalue weighted by molar-refractivity contribution is 0.0951. The van der Waals surface area contributed by atoms with Gasteiger partial charge in [-0.1, -0.05) is 24.3 Å². The zero-order valence-corrected chi connectivity index (χ0v) is 17.3. The molecule has 0 bridgehead atoms. The fourth-order valence-electron chi connectivity index (χ4n) is 3.83. The normalized spacial score (nSPS) is 11.2. The van der Waals surface area contributed by atoms with Crippen molar-refractivity contribution < 1.29 is 13.6 Å². The summed E-state index contributed by atoms with van der Waals surface area (Å²) >= 11 is 0. The van der Waals surface area contributed by atoms with Gasteiger partial charge < -0.3 is 9.88 Å². The SMILES string of the molecule is O=C(NCc1cccc(F)c1)c1ccc2c(c1)n(Cc1ccc(F)cc1)c(=O)c1ccnn12. The Morgan fingerprint density at radius 3 is 2.45 bits per heavy atom. The van der Waals surface area contributed by atoms with Gasteiger partial charge in [-0.05, 0) is 59.7 Å². The van der Waals surface area contributed by atoms with Crippen LogP contribution in [0.3, 0.4) is 0 Å². The maximum Gasteiger partial charge on any atom is 0.277 e. The molecule has 6 nitrogen and oxygen atoms in total. The monoisotopic (exact) mass is 444 g/mol. The predicted molar refractivity (Wildman–Crippen MR) is 120 cm³/mol. The van der Waals surface area contributed by atoms with Gasteiger partial charge in [0.25, 0.3) is 11.5 Å². The van der Waals surface area contributed by atoms with Crippen molar-refractivity contribution in [3.05, 3.63) is 118 Å². The van der Waals surface area contributed by atoms with E-state index >= 15 is 0 Å². The van der Waals surface area contributed by atoms with Gasteiger partial charge in [-0.15, -0.1) is 0 Å². The average molecular weight is 444 g/mol. The Labute approximate surface area is 186 Å². The first-order valence-electron chi connectivity index (χ1n) is 10.3. The van der Waals surface area contributed by atoms with E-state index in [4.69, 9.17) is 0 Å². The van der Waals surface area contributed by atoms with Gasteiger partial charge in [0.15, 0.2) is 0 Å². The molecule has 0 aliphatic carbocycles. The number of carbonyl (C=O) groups is 1. The first-order valence-corrected chi connectivity index (χ1v) is 10.3. The average Bonchev–Trinajstić information content (AvgIpc) is 3.31. The van der Waals surface area contributed by atoms with E-state index in [0.29, 0.717) is 27.7 Å². The molecule has 1 amide bonds. The molecule has 0 fully saturated rings. The van der Waals surface area contributed by atoms with Crippen molar-refractivity contribution in [3.8, 4) is 0 Å². The van der Waals surface area contributed by atoms with Gasteiger partial charge in [-0.2, -0.15) is 5.10 Å². The molecule has 2 heterocycles. The number of amides is 1. The molecule has 164 valence electrons. The Balaban J connectivity index is 1.55. The van der Waals surface area contributed by atoms with Crippen LogP contribution in [0.2, 0.25) is 0 Å².